The number of aldehydes is 1. The van der Waals surface area contributed by atoms with Crippen molar-refractivity contribution in [2.75, 3.05) is 6.61 Å². The van der Waals surface area contributed by atoms with Gasteiger partial charge in [-0.25, -0.2) is 0 Å². The Morgan fingerprint density at radius 1 is 1.30 bits per heavy atom. The highest BCUT2D eigenvalue weighted by Crippen LogP contribution is 2.27. The molecule has 0 radical (unpaired) electrons. The highest BCUT2D eigenvalue weighted by molar-refractivity contribution is 5.58. The Bertz CT molecular complexity index is 420. The van der Waals surface area contributed by atoms with E-state index in [1.54, 1.807) is 0 Å². The van der Waals surface area contributed by atoms with Crippen molar-refractivity contribution in [1.82, 2.24) is 0 Å². The van der Waals surface area contributed by atoms with Crippen molar-refractivity contribution in [2.45, 2.75) is 30.8 Å². The monoisotopic (exact) mass is 280 g/mol. The van der Waals surface area contributed by atoms with Crippen LogP contribution in [0.15, 0.2) is 43.0 Å². The quantitative estimate of drug-likeness (QED) is 0.451. The van der Waals surface area contributed by atoms with Crippen molar-refractivity contribution in [3.8, 4) is 0 Å². The number of ether oxygens (including phenoxy) is 1. The van der Waals surface area contributed by atoms with Crippen LogP contribution in [0.2, 0.25) is 0 Å². The van der Waals surface area contributed by atoms with Gasteiger partial charge in [0.25, 0.3) is 0 Å². The Balaban J connectivity index is 2.95. The van der Waals surface area contributed by atoms with Crippen LogP contribution in [0.25, 0.3) is 0 Å². The van der Waals surface area contributed by atoms with Crippen LogP contribution in [0.3, 0.4) is 0 Å². The zero-order valence-electron chi connectivity index (χ0n) is 11.2. The third kappa shape index (κ3) is 3.74. The van der Waals surface area contributed by atoms with E-state index < -0.39 is 24.4 Å². The summed E-state index contributed by atoms with van der Waals surface area (Å²) in [5.74, 6) is 0. The standard InChI is InChI=1S/C15H20O5/c1-2-8-15(13(18)9-16,14(19)10-17)20-11-12-6-4-3-5-7-12/h2-7,9,13-14,17-19H,1,8,10-11H2/t13-,14+,15-/m0/s1. The molecule has 1 aromatic rings. The van der Waals surface area contributed by atoms with Crippen LogP contribution in [0, 0.1) is 0 Å². The van der Waals surface area contributed by atoms with Crippen molar-refractivity contribution in [3.63, 3.8) is 0 Å². The van der Waals surface area contributed by atoms with Crippen LogP contribution in [0.4, 0.5) is 0 Å². The van der Waals surface area contributed by atoms with E-state index in [0.717, 1.165) is 5.56 Å². The minimum absolute atomic E-state index is 0.0292. The first kappa shape index (κ1) is 16.5. The fourth-order valence-electron chi connectivity index (χ4n) is 1.98. The molecule has 3 N–H and O–H groups in total. The van der Waals surface area contributed by atoms with Gasteiger partial charge in [0.15, 0.2) is 6.29 Å². The minimum atomic E-state index is -1.60. The second kappa shape index (κ2) is 7.91. The van der Waals surface area contributed by atoms with Crippen molar-refractivity contribution in [1.29, 1.82) is 0 Å². The maximum Gasteiger partial charge on any atom is 0.151 e. The Morgan fingerprint density at radius 2 is 1.95 bits per heavy atom. The molecule has 0 fully saturated rings. The number of aliphatic hydroxyl groups is 3. The molecular weight excluding hydrogens is 260 g/mol. The lowest BCUT2D eigenvalue weighted by Gasteiger charge is -2.38. The first-order valence-electron chi connectivity index (χ1n) is 6.31. The van der Waals surface area contributed by atoms with Gasteiger partial charge in [0.1, 0.15) is 17.8 Å². The lowest BCUT2D eigenvalue weighted by atomic mass is 9.87. The van der Waals surface area contributed by atoms with Crippen molar-refractivity contribution >= 4 is 6.29 Å². The lowest BCUT2D eigenvalue weighted by molar-refractivity contribution is -0.192. The first-order valence-corrected chi connectivity index (χ1v) is 6.31. The molecule has 0 saturated heterocycles. The largest absolute Gasteiger partial charge is 0.394 e. The normalized spacial score (nSPS) is 16.9. The van der Waals surface area contributed by atoms with E-state index in [0.29, 0.717) is 0 Å². The van der Waals surface area contributed by atoms with Crippen molar-refractivity contribution < 1.29 is 24.9 Å². The second-order valence-electron chi connectivity index (χ2n) is 4.50. The molecular formula is C15H20O5. The fourth-order valence-corrected chi connectivity index (χ4v) is 1.98. The second-order valence-corrected chi connectivity index (χ2v) is 4.50. The van der Waals surface area contributed by atoms with Gasteiger partial charge in [-0.2, -0.15) is 0 Å². The summed E-state index contributed by atoms with van der Waals surface area (Å²) in [5.41, 5.74) is -0.780. The average Bonchev–Trinajstić information content (AvgIpc) is 2.50. The summed E-state index contributed by atoms with van der Waals surface area (Å²) in [6, 6.07) is 9.14. The van der Waals surface area contributed by atoms with Crippen molar-refractivity contribution in [2.24, 2.45) is 0 Å². The summed E-state index contributed by atoms with van der Waals surface area (Å²) in [4.78, 5) is 10.9. The molecule has 20 heavy (non-hydrogen) atoms. The van der Waals surface area contributed by atoms with Crippen LogP contribution in [-0.4, -0.2) is 46.0 Å². The van der Waals surface area contributed by atoms with Gasteiger partial charge >= 0.3 is 0 Å². The molecule has 0 amide bonds. The van der Waals surface area contributed by atoms with Crippen molar-refractivity contribution in [3.05, 3.63) is 48.6 Å². The number of hydrogen-bond donors (Lipinski definition) is 3. The van der Waals surface area contributed by atoms with E-state index in [4.69, 9.17) is 9.84 Å². The Labute approximate surface area is 118 Å². The van der Waals surface area contributed by atoms with Gasteiger partial charge in [-0.3, -0.25) is 0 Å². The smallest absolute Gasteiger partial charge is 0.151 e. The summed E-state index contributed by atoms with van der Waals surface area (Å²) >= 11 is 0. The number of rotatable bonds is 9. The highest BCUT2D eigenvalue weighted by Gasteiger charge is 2.44. The first-order chi connectivity index (χ1) is 9.60. The molecule has 5 nitrogen and oxygen atoms in total. The Hall–Kier alpha value is -1.53. The number of benzene rings is 1. The van der Waals surface area contributed by atoms with Gasteiger partial charge in [0.05, 0.1) is 13.2 Å². The number of hydrogen-bond acceptors (Lipinski definition) is 5. The van der Waals surface area contributed by atoms with Crippen LogP contribution >= 0.6 is 0 Å². The van der Waals surface area contributed by atoms with Gasteiger partial charge in [-0.1, -0.05) is 36.4 Å². The summed E-state index contributed by atoms with van der Waals surface area (Å²) in [6.45, 7) is 3.00. The molecule has 0 aliphatic rings. The van der Waals surface area contributed by atoms with E-state index >= 15 is 0 Å². The summed E-state index contributed by atoms with van der Waals surface area (Å²) in [5, 5.41) is 29.0. The molecule has 110 valence electrons. The molecule has 3 atom stereocenters. The Kier molecular flexibility index (Phi) is 6.54. The van der Waals surface area contributed by atoms with Crippen LogP contribution < -0.4 is 0 Å². The number of aliphatic hydroxyl groups excluding tert-OH is 3. The fraction of sp³-hybridized carbons (Fsp3) is 0.400. The molecule has 0 bridgehead atoms. The lowest BCUT2D eigenvalue weighted by Crippen LogP contribution is -2.56. The minimum Gasteiger partial charge on any atom is -0.394 e. The molecule has 0 aliphatic heterocycles. The van der Waals surface area contributed by atoms with Gasteiger partial charge in [0, 0.05) is 0 Å². The van der Waals surface area contributed by atoms with Gasteiger partial charge in [0.2, 0.25) is 0 Å². The maximum absolute atomic E-state index is 10.9. The van der Waals surface area contributed by atoms with E-state index in [-0.39, 0.29) is 19.3 Å². The zero-order chi connectivity index (χ0) is 15.0. The summed E-state index contributed by atoms with van der Waals surface area (Å²) < 4.78 is 5.60. The Morgan fingerprint density at radius 3 is 2.45 bits per heavy atom. The molecule has 0 heterocycles. The third-order valence-corrected chi connectivity index (χ3v) is 3.18. The molecule has 1 rings (SSSR count). The number of carbonyl (C=O) groups excluding carboxylic acids is 1. The van der Waals surface area contributed by atoms with E-state index in [1.807, 2.05) is 30.3 Å². The van der Waals surface area contributed by atoms with Crippen LogP contribution in [-0.2, 0) is 16.1 Å². The van der Waals surface area contributed by atoms with E-state index in [9.17, 15) is 15.0 Å². The summed E-state index contributed by atoms with van der Waals surface area (Å²) in [7, 11) is 0. The zero-order valence-corrected chi connectivity index (χ0v) is 11.2. The molecule has 1 aromatic carbocycles. The molecule has 0 aliphatic carbocycles. The molecule has 0 spiro atoms. The SMILES string of the molecule is C=CC[C@@](OCc1ccccc1)([C@H](O)CO)[C@@H](O)C=O. The molecule has 0 unspecified atom stereocenters. The third-order valence-electron chi connectivity index (χ3n) is 3.18. The number of carbonyl (C=O) groups is 1. The predicted octanol–water partition coefficient (Wildman–Crippen LogP) is 0.431. The van der Waals surface area contributed by atoms with Gasteiger partial charge in [-0.15, -0.1) is 6.58 Å². The molecule has 0 aromatic heterocycles. The van der Waals surface area contributed by atoms with Crippen LogP contribution in [0.5, 0.6) is 0 Å². The summed E-state index contributed by atoms with van der Waals surface area (Å²) in [6.07, 6.45) is -1.22. The average molecular weight is 280 g/mol. The molecule has 5 heteroatoms. The highest BCUT2D eigenvalue weighted by atomic mass is 16.5. The van der Waals surface area contributed by atoms with Gasteiger partial charge in [-0.05, 0) is 12.0 Å². The van der Waals surface area contributed by atoms with E-state index in [2.05, 4.69) is 6.58 Å². The maximum atomic E-state index is 10.9. The van der Waals surface area contributed by atoms with E-state index in [1.165, 1.54) is 6.08 Å². The topological polar surface area (TPSA) is 87.0 Å². The predicted molar refractivity (Wildman–Crippen MR) is 73.9 cm³/mol. The van der Waals surface area contributed by atoms with Gasteiger partial charge < -0.3 is 24.9 Å². The molecule has 0 saturated carbocycles. The van der Waals surface area contributed by atoms with Crippen LogP contribution in [0.1, 0.15) is 12.0 Å².